The Labute approximate surface area is 136 Å². The number of nitrogens with two attached hydrogens (primary N) is 1. The number of carbonyl (C=O) groups is 1. The number of aryl methyl sites for hydroxylation is 1. The standard InChI is InChI=1S/C15H23ClN4O2/c1-4-10-13(17)14(19-15(16)18-10)20-7-6-9(22-3)8-11(20)12(21)5-2/h9,11H,4-8,17H2,1-3H3. The number of aromatic nitrogens is 2. The van der Waals surface area contributed by atoms with Gasteiger partial charge in [-0.3, -0.25) is 4.79 Å². The first kappa shape index (κ1) is 17.0. The molecule has 1 aromatic rings. The molecule has 1 fully saturated rings. The highest BCUT2D eigenvalue weighted by Crippen LogP contribution is 2.32. The van der Waals surface area contributed by atoms with Crippen molar-refractivity contribution < 1.29 is 9.53 Å². The van der Waals surface area contributed by atoms with E-state index in [2.05, 4.69) is 9.97 Å². The third kappa shape index (κ3) is 3.33. The minimum Gasteiger partial charge on any atom is -0.394 e. The lowest BCUT2D eigenvalue weighted by atomic mass is 9.94. The zero-order valence-electron chi connectivity index (χ0n) is 13.3. The second-order valence-electron chi connectivity index (χ2n) is 5.44. The van der Waals surface area contributed by atoms with Gasteiger partial charge in [-0.2, -0.15) is 4.98 Å². The third-order valence-corrected chi connectivity index (χ3v) is 4.36. The number of Topliss-reactive ketones (excluding diaryl/α,β-unsaturated/α-hetero) is 1. The van der Waals surface area contributed by atoms with Crippen molar-refractivity contribution in [3.05, 3.63) is 11.0 Å². The Balaban J connectivity index is 2.40. The average molecular weight is 327 g/mol. The van der Waals surface area contributed by atoms with Crippen LogP contribution in [0.5, 0.6) is 0 Å². The second-order valence-corrected chi connectivity index (χ2v) is 5.78. The largest absolute Gasteiger partial charge is 0.394 e. The van der Waals surface area contributed by atoms with Crippen LogP contribution in [0.15, 0.2) is 0 Å². The van der Waals surface area contributed by atoms with Gasteiger partial charge in [0, 0.05) is 26.5 Å². The predicted molar refractivity (Wildman–Crippen MR) is 87.3 cm³/mol. The highest BCUT2D eigenvalue weighted by atomic mass is 35.5. The Morgan fingerprint density at radius 1 is 1.45 bits per heavy atom. The van der Waals surface area contributed by atoms with E-state index in [1.54, 1.807) is 7.11 Å². The summed E-state index contributed by atoms with van der Waals surface area (Å²) in [7, 11) is 1.68. The van der Waals surface area contributed by atoms with Crippen LogP contribution in [0.1, 0.15) is 38.8 Å². The summed E-state index contributed by atoms with van der Waals surface area (Å²) >= 11 is 6.02. The van der Waals surface area contributed by atoms with Gasteiger partial charge in [-0.1, -0.05) is 13.8 Å². The lowest BCUT2D eigenvalue weighted by Gasteiger charge is -2.39. The van der Waals surface area contributed by atoms with E-state index in [1.165, 1.54) is 0 Å². The molecule has 7 heteroatoms. The fourth-order valence-corrected chi connectivity index (χ4v) is 3.09. The number of anilines is 2. The van der Waals surface area contributed by atoms with Crippen molar-refractivity contribution in [2.75, 3.05) is 24.3 Å². The quantitative estimate of drug-likeness (QED) is 0.836. The Morgan fingerprint density at radius 3 is 2.77 bits per heavy atom. The Hall–Kier alpha value is -1.40. The van der Waals surface area contributed by atoms with Crippen LogP contribution in [-0.4, -0.2) is 41.6 Å². The number of ether oxygens (including phenoxy) is 1. The van der Waals surface area contributed by atoms with Crippen molar-refractivity contribution in [1.29, 1.82) is 0 Å². The van der Waals surface area contributed by atoms with Crippen LogP contribution in [0.3, 0.4) is 0 Å². The van der Waals surface area contributed by atoms with E-state index in [0.29, 0.717) is 43.0 Å². The maximum atomic E-state index is 12.3. The van der Waals surface area contributed by atoms with E-state index in [-0.39, 0.29) is 23.2 Å². The number of halogens is 1. The molecule has 1 aliphatic rings. The Morgan fingerprint density at radius 2 is 2.18 bits per heavy atom. The van der Waals surface area contributed by atoms with Crippen molar-refractivity contribution in [3.63, 3.8) is 0 Å². The van der Waals surface area contributed by atoms with Gasteiger partial charge in [0.2, 0.25) is 5.28 Å². The lowest BCUT2D eigenvalue weighted by Crippen LogP contribution is -2.49. The van der Waals surface area contributed by atoms with Crippen LogP contribution >= 0.6 is 11.6 Å². The number of nitrogens with zero attached hydrogens (tertiary/aromatic N) is 3. The number of hydrogen-bond acceptors (Lipinski definition) is 6. The molecule has 2 heterocycles. The van der Waals surface area contributed by atoms with E-state index in [9.17, 15) is 4.79 Å². The molecule has 122 valence electrons. The number of nitrogen functional groups attached to an aromatic ring is 1. The highest BCUT2D eigenvalue weighted by molar-refractivity contribution is 6.28. The number of piperidine rings is 1. The van der Waals surface area contributed by atoms with E-state index >= 15 is 0 Å². The van der Waals surface area contributed by atoms with E-state index in [1.807, 2.05) is 18.7 Å². The molecule has 2 unspecified atom stereocenters. The topological polar surface area (TPSA) is 81.3 Å². The molecule has 0 spiro atoms. The number of hydrogen-bond donors (Lipinski definition) is 1. The molecule has 0 aliphatic carbocycles. The first-order chi connectivity index (χ1) is 10.5. The van der Waals surface area contributed by atoms with Crippen LogP contribution in [0.25, 0.3) is 0 Å². The molecular formula is C15H23ClN4O2. The molecule has 1 saturated heterocycles. The molecule has 0 amide bonds. The van der Waals surface area contributed by atoms with Gasteiger partial charge in [0.05, 0.1) is 23.5 Å². The molecule has 0 radical (unpaired) electrons. The molecule has 0 saturated carbocycles. The van der Waals surface area contributed by atoms with Crippen molar-refractivity contribution in [2.45, 2.75) is 51.7 Å². The van der Waals surface area contributed by atoms with Gasteiger partial charge in [0.25, 0.3) is 0 Å². The molecule has 0 aromatic carbocycles. The number of carbonyl (C=O) groups excluding carboxylic acids is 1. The molecule has 2 rings (SSSR count). The monoisotopic (exact) mass is 326 g/mol. The first-order valence-electron chi connectivity index (χ1n) is 7.65. The molecule has 6 nitrogen and oxygen atoms in total. The van der Waals surface area contributed by atoms with Crippen molar-refractivity contribution in [1.82, 2.24) is 9.97 Å². The van der Waals surface area contributed by atoms with Gasteiger partial charge in [0.1, 0.15) is 0 Å². The van der Waals surface area contributed by atoms with E-state index < -0.39 is 0 Å². The Bertz CT molecular complexity index is 553. The average Bonchev–Trinajstić information content (AvgIpc) is 2.55. The van der Waals surface area contributed by atoms with Gasteiger partial charge in [0.15, 0.2) is 11.6 Å². The lowest BCUT2D eigenvalue weighted by molar-refractivity contribution is -0.121. The van der Waals surface area contributed by atoms with Gasteiger partial charge in [-0.25, -0.2) is 4.98 Å². The summed E-state index contributed by atoms with van der Waals surface area (Å²) in [6, 6.07) is -0.276. The van der Waals surface area contributed by atoms with Crippen LogP contribution in [-0.2, 0) is 16.0 Å². The van der Waals surface area contributed by atoms with Gasteiger partial charge >= 0.3 is 0 Å². The fraction of sp³-hybridized carbons (Fsp3) is 0.667. The maximum Gasteiger partial charge on any atom is 0.224 e. The normalized spacial score (nSPS) is 21.9. The zero-order valence-corrected chi connectivity index (χ0v) is 14.1. The zero-order chi connectivity index (χ0) is 16.3. The van der Waals surface area contributed by atoms with Crippen LogP contribution in [0.4, 0.5) is 11.5 Å². The summed E-state index contributed by atoms with van der Waals surface area (Å²) in [6.45, 7) is 4.49. The smallest absolute Gasteiger partial charge is 0.224 e. The molecule has 22 heavy (non-hydrogen) atoms. The molecule has 2 N–H and O–H groups in total. The number of methoxy groups -OCH3 is 1. The SMILES string of the molecule is CCC(=O)C1CC(OC)CCN1c1nc(Cl)nc(CC)c1N. The third-order valence-electron chi connectivity index (χ3n) is 4.19. The van der Waals surface area contributed by atoms with E-state index in [4.69, 9.17) is 22.1 Å². The van der Waals surface area contributed by atoms with Gasteiger partial charge < -0.3 is 15.4 Å². The fourth-order valence-electron chi connectivity index (χ4n) is 2.90. The summed E-state index contributed by atoms with van der Waals surface area (Å²) < 4.78 is 5.43. The minimum absolute atomic E-state index is 0.0842. The summed E-state index contributed by atoms with van der Waals surface area (Å²) in [5.41, 5.74) is 7.42. The van der Waals surface area contributed by atoms with Crippen molar-refractivity contribution in [2.24, 2.45) is 0 Å². The first-order valence-corrected chi connectivity index (χ1v) is 8.03. The summed E-state index contributed by atoms with van der Waals surface area (Å²) in [6.07, 6.45) is 2.69. The van der Waals surface area contributed by atoms with E-state index in [0.717, 1.165) is 6.42 Å². The number of ketones is 1. The van der Waals surface area contributed by atoms with Crippen molar-refractivity contribution >= 4 is 28.9 Å². The van der Waals surface area contributed by atoms with Crippen LogP contribution < -0.4 is 10.6 Å². The molecule has 2 atom stereocenters. The van der Waals surface area contributed by atoms with Crippen molar-refractivity contribution in [3.8, 4) is 0 Å². The summed E-state index contributed by atoms with van der Waals surface area (Å²) in [4.78, 5) is 22.8. The molecule has 1 aliphatic heterocycles. The molecular weight excluding hydrogens is 304 g/mol. The molecule has 1 aromatic heterocycles. The summed E-state index contributed by atoms with van der Waals surface area (Å²) in [5, 5.41) is 0.164. The van der Waals surface area contributed by atoms with Crippen LogP contribution in [0.2, 0.25) is 5.28 Å². The minimum atomic E-state index is -0.276. The molecule has 0 bridgehead atoms. The highest BCUT2D eigenvalue weighted by Gasteiger charge is 2.34. The summed E-state index contributed by atoms with van der Waals surface area (Å²) in [5.74, 6) is 0.729. The number of rotatable bonds is 5. The van der Waals surface area contributed by atoms with Crippen LogP contribution in [0, 0.1) is 0 Å². The predicted octanol–water partition coefficient (Wildman–Crippen LogP) is 2.24. The maximum absolute atomic E-state index is 12.3. The van der Waals surface area contributed by atoms with Gasteiger partial charge in [-0.05, 0) is 24.4 Å². The van der Waals surface area contributed by atoms with Gasteiger partial charge in [-0.15, -0.1) is 0 Å². The Kier molecular flexibility index (Phi) is 5.58. The second kappa shape index (κ2) is 7.24.